The molecule has 0 aromatic carbocycles. The quantitative estimate of drug-likeness (QED) is 0.864. The van der Waals surface area contributed by atoms with Crippen molar-refractivity contribution in [1.29, 1.82) is 0 Å². The SMILES string of the molecule is COCCN1CC[C@@H]2O[C@H](C(=O)NCc3cccs3)CC[C@@H]21. The zero-order chi connectivity index (χ0) is 15.4. The fraction of sp³-hybridized carbons (Fsp3) is 0.688. The van der Waals surface area contributed by atoms with Gasteiger partial charge in [-0.2, -0.15) is 0 Å². The van der Waals surface area contributed by atoms with Crippen LogP contribution in [0, 0.1) is 0 Å². The molecular weight excluding hydrogens is 300 g/mol. The van der Waals surface area contributed by atoms with E-state index in [4.69, 9.17) is 9.47 Å². The highest BCUT2D eigenvalue weighted by atomic mass is 32.1. The first-order valence-corrected chi connectivity index (χ1v) is 8.84. The van der Waals surface area contributed by atoms with E-state index in [9.17, 15) is 4.79 Å². The van der Waals surface area contributed by atoms with Gasteiger partial charge in [-0.15, -0.1) is 11.3 Å². The Morgan fingerprint density at radius 3 is 3.18 bits per heavy atom. The van der Waals surface area contributed by atoms with Crippen LogP contribution >= 0.6 is 11.3 Å². The van der Waals surface area contributed by atoms with E-state index < -0.39 is 0 Å². The summed E-state index contributed by atoms with van der Waals surface area (Å²) in [5.74, 6) is 0.0298. The predicted molar refractivity (Wildman–Crippen MR) is 85.9 cm³/mol. The average molecular weight is 324 g/mol. The highest BCUT2D eigenvalue weighted by Gasteiger charge is 2.41. The highest BCUT2D eigenvalue weighted by molar-refractivity contribution is 7.09. The number of hydrogen-bond acceptors (Lipinski definition) is 5. The van der Waals surface area contributed by atoms with Crippen molar-refractivity contribution in [2.75, 3.05) is 26.8 Å². The van der Waals surface area contributed by atoms with Crippen LogP contribution in [0.25, 0.3) is 0 Å². The molecule has 0 bridgehead atoms. The molecule has 0 radical (unpaired) electrons. The van der Waals surface area contributed by atoms with Crippen molar-refractivity contribution in [2.24, 2.45) is 0 Å². The molecule has 5 nitrogen and oxygen atoms in total. The van der Waals surface area contributed by atoms with Crippen LogP contribution in [0.5, 0.6) is 0 Å². The van der Waals surface area contributed by atoms with Gasteiger partial charge in [0, 0.05) is 31.1 Å². The monoisotopic (exact) mass is 324 g/mol. The third-order valence-corrected chi connectivity index (χ3v) is 5.43. The van der Waals surface area contributed by atoms with Crippen molar-refractivity contribution in [3.8, 4) is 0 Å². The van der Waals surface area contributed by atoms with Gasteiger partial charge in [-0.1, -0.05) is 6.07 Å². The Balaban J connectivity index is 1.47. The van der Waals surface area contributed by atoms with Gasteiger partial charge in [0.2, 0.25) is 5.91 Å². The zero-order valence-electron chi connectivity index (χ0n) is 13.0. The van der Waals surface area contributed by atoms with Crippen LogP contribution in [0.4, 0.5) is 0 Å². The van der Waals surface area contributed by atoms with Crippen molar-refractivity contribution in [3.63, 3.8) is 0 Å². The minimum Gasteiger partial charge on any atom is -0.383 e. The Kier molecular flexibility index (Phi) is 5.46. The topological polar surface area (TPSA) is 50.8 Å². The van der Waals surface area contributed by atoms with Gasteiger partial charge in [0.25, 0.3) is 0 Å². The molecule has 1 amide bonds. The van der Waals surface area contributed by atoms with Gasteiger partial charge in [0.05, 0.1) is 19.3 Å². The number of rotatable bonds is 6. The molecule has 0 aliphatic carbocycles. The molecule has 1 aromatic rings. The summed E-state index contributed by atoms with van der Waals surface area (Å²) < 4.78 is 11.2. The fourth-order valence-electron chi connectivity index (χ4n) is 3.40. The summed E-state index contributed by atoms with van der Waals surface area (Å²) in [6, 6.07) is 4.49. The second-order valence-corrected chi connectivity index (χ2v) is 6.95. The molecule has 3 heterocycles. The first-order chi connectivity index (χ1) is 10.8. The number of hydrogen-bond donors (Lipinski definition) is 1. The van der Waals surface area contributed by atoms with Crippen molar-refractivity contribution >= 4 is 17.2 Å². The summed E-state index contributed by atoms with van der Waals surface area (Å²) >= 11 is 1.66. The summed E-state index contributed by atoms with van der Waals surface area (Å²) in [5, 5.41) is 5.02. The molecular formula is C16H24N2O3S. The van der Waals surface area contributed by atoms with Crippen LogP contribution in [-0.2, 0) is 20.8 Å². The lowest BCUT2D eigenvalue weighted by Crippen LogP contribution is -2.48. The molecule has 2 aliphatic rings. The van der Waals surface area contributed by atoms with E-state index in [2.05, 4.69) is 10.2 Å². The lowest BCUT2D eigenvalue weighted by atomic mass is 9.98. The van der Waals surface area contributed by atoms with Crippen molar-refractivity contribution in [2.45, 2.75) is 44.1 Å². The van der Waals surface area contributed by atoms with E-state index in [0.29, 0.717) is 12.6 Å². The van der Waals surface area contributed by atoms with Crippen LogP contribution in [0.2, 0.25) is 0 Å². The Hall–Kier alpha value is -0.950. The lowest BCUT2D eigenvalue weighted by Gasteiger charge is -2.35. The molecule has 0 spiro atoms. The van der Waals surface area contributed by atoms with Gasteiger partial charge in [-0.3, -0.25) is 9.69 Å². The normalized spacial score (nSPS) is 28.5. The smallest absolute Gasteiger partial charge is 0.249 e. The number of nitrogens with one attached hydrogen (secondary N) is 1. The van der Waals surface area contributed by atoms with Crippen LogP contribution in [0.3, 0.4) is 0 Å². The number of carbonyl (C=O) groups is 1. The van der Waals surface area contributed by atoms with E-state index in [1.54, 1.807) is 18.4 Å². The van der Waals surface area contributed by atoms with E-state index in [1.807, 2.05) is 17.5 Å². The first kappa shape index (κ1) is 15.9. The number of likely N-dealkylation sites (tertiary alicyclic amines) is 1. The molecule has 1 aromatic heterocycles. The Morgan fingerprint density at radius 1 is 1.50 bits per heavy atom. The van der Waals surface area contributed by atoms with Crippen LogP contribution in [-0.4, -0.2) is 55.9 Å². The third kappa shape index (κ3) is 3.68. The Labute approximate surface area is 135 Å². The molecule has 2 saturated heterocycles. The van der Waals surface area contributed by atoms with Crippen molar-refractivity contribution < 1.29 is 14.3 Å². The number of amides is 1. The van der Waals surface area contributed by atoms with Gasteiger partial charge in [-0.25, -0.2) is 0 Å². The largest absolute Gasteiger partial charge is 0.383 e. The summed E-state index contributed by atoms with van der Waals surface area (Å²) in [6.45, 7) is 3.36. The Bertz CT molecular complexity index is 480. The summed E-state index contributed by atoms with van der Waals surface area (Å²) in [5.41, 5.74) is 0. The minimum atomic E-state index is -0.288. The van der Waals surface area contributed by atoms with Gasteiger partial charge in [0.15, 0.2) is 0 Å². The van der Waals surface area contributed by atoms with Crippen molar-refractivity contribution in [1.82, 2.24) is 10.2 Å². The molecule has 122 valence electrons. The molecule has 0 saturated carbocycles. The van der Waals surface area contributed by atoms with Crippen LogP contribution in [0.1, 0.15) is 24.1 Å². The molecule has 1 N–H and O–H groups in total. The molecule has 2 aliphatic heterocycles. The number of carbonyl (C=O) groups excluding carboxylic acids is 1. The Morgan fingerprint density at radius 2 is 2.41 bits per heavy atom. The lowest BCUT2D eigenvalue weighted by molar-refractivity contribution is -0.144. The number of methoxy groups -OCH3 is 1. The first-order valence-electron chi connectivity index (χ1n) is 7.96. The van der Waals surface area contributed by atoms with Crippen LogP contribution in [0.15, 0.2) is 17.5 Å². The van der Waals surface area contributed by atoms with Gasteiger partial charge in [0.1, 0.15) is 6.10 Å². The van der Waals surface area contributed by atoms with E-state index in [-0.39, 0.29) is 18.1 Å². The molecule has 6 heteroatoms. The molecule has 2 fully saturated rings. The highest BCUT2D eigenvalue weighted by Crippen LogP contribution is 2.31. The van der Waals surface area contributed by atoms with Gasteiger partial charge < -0.3 is 14.8 Å². The summed E-state index contributed by atoms with van der Waals surface area (Å²) in [6.07, 6.45) is 2.77. The second-order valence-electron chi connectivity index (χ2n) is 5.92. The maximum Gasteiger partial charge on any atom is 0.249 e. The summed E-state index contributed by atoms with van der Waals surface area (Å²) in [7, 11) is 1.74. The number of fused-ring (bicyclic) bond motifs is 1. The number of nitrogens with zero attached hydrogens (tertiary/aromatic N) is 1. The van der Waals surface area contributed by atoms with Gasteiger partial charge >= 0.3 is 0 Å². The summed E-state index contributed by atoms with van der Waals surface area (Å²) in [4.78, 5) is 15.9. The number of thiophene rings is 1. The zero-order valence-corrected chi connectivity index (χ0v) is 13.8. The molecule has 22 heavy (non-hydrogen) atoms. The minimum absolute atomic E-state index is 0.0298. The number of ether oxygens (including phenoxy) is 2. The standard InChI is InChI=1S/C16H24N2O3S/c1-20-9-8-18-7-6-14-13(18)4-5-15(21-14)16(19)17-11-12-3-2-10-22-12/h2-3,10,13-15H,4-9,11H2,1H3,(H,17,19)/t13-,14-,15-/m0/s1. The third-order valence-electron chi connectivity index (χ3n) is 4.55. The second kappa shape index (κ2) is 7.55. The van der Waals surface area contributed by atoms with Gasteiger partial charge in [-0.05, 0) is 30.7 Å². The molecule has 0 unspecified atom stereocenters. The van der Waals surface area contributed by atoms with Crippen LogP contribution < -0.4 is 5.32 Å². The van der Waals surface area contributed by atoms with E-state index >= 15 is 0 Å². The van der Waals surface area contributed by atoms with E-state index in [0.717, 1.165) is 39.0 Å². The van der Waals surface area contributed by atoms with Crippen molar-refractivity contribution in [3.05, 3.63) is 22.4 Å². The fourth-order valence-corrected chi connectivity index (χ4v) is 4.04. The predicted octanol–water partition coefficient (Wildman–Crippen LogP) is 1.63. The maximum absolute atomic E-state index is 12.3. The maximum atomic E-state index is 12.3. The molecule has 3 rings (SSSR count). The molecule has 3 atom stereocenters. The average Bonchev–Trinajstić information content (AvgIpc) is 3.19. The van der Waals surface area contributed by atoms with E-state index in [1.165, 1.54) is 4.88 Å².